The van der Waals surface area contributed by atoms with Crippen LogP contribution in [0, 0.1) is 13.8 Å². The van der Waals surface area contributed by atoms with Crippen LogP contribution in [0.1, 0.15) is 33.4 Å². The molecule has 0 heterocycles. The summed E-state index contributed by atoms with van der Waals surface area (Å²) in [5.74, 6) is 0. The zero-order valence-corrected chi connectivity index (χ0v) is 28.5. The van der Waals surface area contributed by atoms with Gasteiger partial charge in [0.2, 0.25) is 0 Å². The van der Waals surface area contributed by atoms with Crippen molar-refractivity contribution < 1.29 is 0 Å². The zero-order chi connectivity index (χ0) is 34.1. The molecule has 7 rings (SSSR count). The molecule has 2 heteroatoms. The maximum absolute atomic E-state index is 2.31. The first kappa shape index (κ1) is 32.2. The number of anilines is 6. The Balaban J connectivity index is 1.09. The Morgan fingerprint density at radius 2 is 0.560 bits per heavy atom. The van der Waals surface area contributed by atoms with Gasteiger partial charge in [-0.05, 0) is 109 Å². The normalized spacial score (nSPS) is 11.2. The summed E-state index contributed by atoms with van der Waals surface area (Å²) < 4.78 is 0. The molecule has 0 radical (unpaired) electrons. The first-order chi connectivity index (χ1) is 24.6. The molecule has 0 amide bonds. The highest BCUT2D eigenvalue weighted by Gasteiger charge is 2.13. The van der Waals surface area contributed by atoms with Crippen LogP contribution in [0.15, 0.2) is 182 Å². The molecule has 7 aromatic rings. The third kappa shape index (κ3) is 7.67. The molecule has 0 unspecified atom stereocenters. The molecule has 0 aliphatic rings. The third-order valence-electron chi connectivity index (χ3n) is 8.82. The number of aryl methyl sites for hydroxylation is 2. The monoisotopic (exact) mass is 644 g/mol. The summed E-state index contributed by atoms with van der Waals surface area (Å²) in [5.41, 5.74) is 13.9. The average molecular weight is 645 g/mol. The molecule has 0 saturated heterocycles. The summed E-state index contributed by atoms with van der Waals surface area (Å²) in [6.07, 6.45) is 8.78. The smallest absolute Gasteiger partial charge is 0.0462 e. The lowest BCUT2D eigenvalue weighted by molar-refractivity contribution is 1.27. The average Bonchev–Trinajstić information content (AvgIpc) is 3.17. The van der Waals surface area contributed by atoms with E-state index in [1.807, 2.05) is 0 Å². The molecule has 0 aromatic heterocycles. The molecule has 0 aliphatic carbocycles. The van der Waals surface area contributed by atoms with Gasteiger partial charge in [0.1, 0.15) is 0 Å². The quantitative estimate of drug-likeness (QED) is 0.137. The van der Waals surface area contributed by atoms with E-state index in [2.05, 4.69) is 230 Å². The van der Waals surface area contributed by atoms with Gasteiger partial charge in [0.15, 0.2) is 0 Å². The number of hydrogen-bond donors (Lipinski definition) is 0. The number of hydrogen-bond acceptors (Lipinski definition) is 2. The molecule has 0 fully saturated rings. The predicted octanol–water partition coefficient (Wildman–Crippen LogP) is 13.6. The maximum atomic E-state index is 2.31. The topological polar surface area (TPSA) is 6.48 Å². The lowest BCUT2D eigenvalue weighted by Crippen LogP contribution is -2.09. The maximum Gasteiger partial charge on any atom is 0.0462 e. The molecular formula is C48H40N2. The summed E-state index contributed by atoms with van der Waals surface area (Å²) in [6.45, 7) is 4.25. The van der Waals surface area contributed by atoms with E-state index in [9.17, 15) is 0 Å². The second-order valence-electron chi connectivity index (χ2n) is 12.5. The molecule has 0 spiro atoms. The highest BCUT2D eigenvalue weighted by atomic mass is 15.1. The minimum atomic E-state index is 1.12. The van der Waals surface area contributed by atoms with Crippen LogP contribution in [0.5, 0.6) is 0 Å². The van der Waals surface area contributed by atoms with Gasteiger partial charge in [-0.25, -0.2) is 0 Å². The van der Waals surface area contributed by atoms with Gasteiger partial charge in [0, 0.05) is 34.1 Å². The van der Waals surface area contributed by atoms with Gasteiger partial charge in [-0.3, -0.25) is 0 Å². The fourth-order valence-corrected chi connectivity index (χ4v) is 6.09. The van der Waals surface area contributed by atoms with Crippen molar-refractivity contribution in [3.05, 3.63) is 215 Å². The van der Waals surface area contributed by atoms with Gasteiger partial charge in [0.25, 0.3) is 0 Å². The van der Waals surface area contributed by atoms with E-state index < -0.39 is 0 Å². The van der Waals surface area contributed by atoms with Gasteiger partial charge >= 0.3 is 0 Å². The lowest BCUT2D eigenvalue weighted by atomic mass is 10.0. The number of para-hydroxylation sites is 2. The van der Waals surface area contributed by atoms with Crippen molar-refractivity contribution in [1.82, 2.24) is 0 Å². The summed E-state index contributed by atoms with van der Waals surface area (Å²) in [6, 6.07) is 64.5. The Kier molecular flexibility index (Phi) is 9.80. The highest BCUT2D eigenvalue weighted by molar-refractivity contribution is 5.82. The Morgan fingerprint density at radius 3 is 0.900 bits per heavy atom. The van der Waals surface area contributed by atoms with Gasteiger partial charge < -0.3 is 9.80 Å². The fraction of sp³-hybridized carbons (Fsp3) is 0.0417. The molecule has 50 heavy (non-hydrogen) atoms. The fourth-order valence-electron chi connectivity index (χ4n) is 6.09. The largest absolute Gasteiger partial charge is 0.311 e. The SMILES string of the molecule is Cc1ccc(N(c2ccc(C)cc2)c2ccc(C=Cc3ccccc3C=Cc3ccc(N(c4ccccc4)c4ccccc4)cc3)cc2)cc1. The Morgan fingerprint density at radius 1 is 0.280 bits per heavy atom. The van der Waals surface area contributed by atoms with E-state index in [0.717, 1.165) is 45.3 Å². The third-order valence-corrected chi connectivity index (χ3v) is 8.82. The van der Waals surface area contributed by atoms with Crippen LogP contribution in [0.2, 0.25) is 0 Å². The number of benzene rings is 7. The van der Waals surface area contributed by atoms with Crippen LogP contribution in [0.25, 0.3) is 24.3 Å². The second kappa shape index (κ2) is 15.2. The summed E-state index contributed by atoms with van der Waals surface area (Å²) in [7, 11) is 0. The van der Waals surface area contributed by atoms with Crippen LogP contribution in [0.4, 0.5) is 34.1 Å². The summed E-state index contributed by atoms with van der Waals surface area (Å²) in [5, 5.41) is 0. The van der Waals surface area contributed by atoms with E-state index in [-0.39, 0.29) is 0 Å². The van der Waals surface area contributed by atoms with E-state index in [1.165, 1.54) is 22.3 Å². The molecule has 0 bridgehead atoms. The first-order valence-corrected chi connectivity index (χ1v) is 17.1. The summed E-state index contributed by atoms with van der Waals surface area (Å²) in [4.78, 5) is 4.59. The molecular weight excluding hydrogens is 605 g/mol. The van der Waals surface area contributed by atoms with E-state index >= 15 is 0 Å². The van der Waals surface area contributed by atoms with Crippen molar-refractivity contribution in [3.63, 3.8) is 0 Å². The molecule has 0 N–H and O–H groups in total. The van der Waals surface area contributed by atoms with Crippen molar-refractivity contribution in [1.29, 1.82) is 0 Å². The van der Waals surface area contributed by atoms with E-state index in [4.69, 9.17) is 0 Å². The van der Waals surface area contributed by atoms with Crippen LogP contribution in [-0.2, 0) is 0 Å². The van der Waals surface area contributed by atoms with Gasteiger partial charge in [-0.1, -0.05) is 145 Å². The Hall–Kier alpha value is -6.38. The first-order valence-electron chi connectivity index (χ1n) is 17.1. The molecule has 0 aliphatic heterocycles. The van der Waals surface area contributed by atoms with E-state index in [0.29, 0.717) is 0 Å². The van der Waals surface area contributed by atoms with Gasteiger partial charge in [-0.15, -0.1) is 0 Å². The Labute approximate surface area is 296 Å². The molecule has 242 valence electrons. The standard InChI is InChI=1S/C48H40N2/c1-37-17-29-45(30-18-37)50(46-31-19-38(2)20-32-46)48-35-25-40(26-36-48)22-28-42-12-10-9-11-41(42)27-21-39-23-33-47(34-24-39)49(43-13-5-3-6-14-43)44-15-7-4-8-16-44/h3-36H,1-2H3. The van der Waals surface area contributed by atoms with Crippen molar-refractivity contribution in [3.8, 4) is 0 Å². The van der Waals surface area contributed by atoms with Crippen LogP contribution < -0.4 is 9.80 Å². The number of rotatable bonds is 10. The minimum absolute atomic E-state index is 1.12. The second-order valence-corrected chi connectivity index (χ2v) is 12.5. The van der Waals surface area contributed by atoms with Crippen LogP contribution >= 0.6 is 0 Å². The highest BCUT2D eigenvalue weighted by Crippen LogP contribution is 2.36. The zero-order valence-electron chi connectivity index (χ0n) is 28.5. The van der Waals surface area contributed by atoms with Crippen LogP contribution in [0.3, 0.4) is 0 Å². The lowest BCUT2D eigenvalue weighted by Gasteiger charge is -2.25. The van der Waals surface area contributed by atoms with Gasteiger partial charge in [-0.2, -0.15) is 0 Å². The Bertz CT molecular complexity index is 2090. The molecule has 7 aromatic carbocycles. The predicted molar refractivity (Wildman–Crippen MR) is 216 cm³/mol. The molecule has 2 nitrogen and oxygen atoms in total. The minimum Gasteiger partial charge on any atom is -0.311 e. The van der Waals surface area contributed by atoms with Crippen molar-refractivity contribution in [2.45, 2.75) is 13.8 Å². The van der Waals surface area contributed by atoms with Crippen molar-refractivity contribution in [2.75, 3.05) is 9.80 Å². The van der Waals surface area contributed by atoms with E-state index in [1.54, 1.807) is 0 Å². The van der Waals surface area contributed by atoms with Crippen LogP contribution in [-0.4, -0.2) is 0 Å². The molecule has 0 atom stereocenters. The van der Waals surface area contributed by atoms with Crippen molar-refractivity contribution in [2.24, 2.45) is 0 Å². The van der Waals surface area contributed by atoms with Crippen molar-refractivity contribution >= 4 is 58.4 Å². The van der Waals surface area contributed by atoms with Gasteiger partial charge in [0.05, 0.1) is 0 Å². The molecule has 0 saturated carbocycles. The number of nitrogens with zero attached hydrogens (tertiary/aromatic N) is 2. The summed E-state index contributed by atoms with van der Waals surface area (Å²) >= 11 is 0.